The fourth-order valence-corrected chi connectivity index (χ4v) is 12.3. The van der Waals surface area contributed by atoms with Gasteiger partial charge in [0, 0.05) is 6.61 Å². The maximum Gasteiger partial charge on any atom is 1.00 e. The molecular weight excluding hydrogens is 588 g/mol. The summed E-state index contributed by atoms with van der Waals surface area (Å²) in [5.74, 6) is -0.416. The first-order valence-electron chi connectivity index (χ1n) is 18.2. The van der Waals surface area contributed by atoms with E-state index in [1.54, 1.807) is 6.07 Å². The third-order valence-electron chi connectivity index (χ3n) is 9.24. The van der Waals surface area contributed by atoms with Crippen LogP contribution < -0.4 is 29.6 Å². The van der Waals surface area contributed by atoms with Crippen molar-refractivity contribution in [2.45, 2.75) is 181 Å². The van der Waals surface area contributed by atoms with Crippen LogP contribution in [0, 0.1) is 17.1 Å². The largest absolute Gasteiger partial charge is 1.00 e. The van der Waals surface area contributed by atoms with E-state index in [1.807, 2.05) is 6.07 Å². The zero-order valence-electron chi connectivity index (χ0n) is 31.7. The van der Waals surface area contributed by atoms with E-state index in [0.717, 1.165) is 13.0 Å². The third-order valence-corrected chi connectivity index (χ3v) is 15.3. The Kier molecular flexibility index (Phi) is 27.5. The number of hydrogen-bond acceptors (Lipinski definition) is 4. The molecule has 4 nitrogen and oxygen atoms in total. The first kappa shape index (κ1) is 44.7. The molecule has 0 radical (unpaired) electrons. The maximum atomic E-state index is 14.0. The van der Waals surface area contributed by atoms with Crippen LogP contribution in [0.25, 0.3) is 0 Å². The molecule has 256 valence electrons. The SMILES string of the molecule is CCCCCCCCCCCCCCCCCCOC[C@H](CO[Si](C(C)C)(C(C)C)C(C)C)OCc1cc(F)cc(C#N)c1.[H-].[Na+]. The summed E-state index contributed by atoms with van der Waals surface area (Å²) in [7, 11) is -2.06. The van der Waals surface area contributed by atoms with Gasteiger partial charge < -0.3 is 15.3 Å². The minimum Gasteiger partial charge on any atom is -1.00 e. The van der Waals surface area contributed by atoms with Gasteiger partial charge in [-0.15, -0.1) is 0 Å². The quantitative estimate of drug-likeness (QED) is 0.0666. The Labute approximate surface area is 302 Å². The zero-order chi connectivity index (χ0) is 32.6. The van der Waals surface area contributed by atoms with Crippen molar-refractivity contribution in [2.24, 2.45) is 0 Å². The molecule has 0 saturated carbocycles. The smallest absolute Gasteiger partial charge is 1.00 e. The van der Waals surface area contributed by atoms with E-state index in [1.165, 1.54) is 108 Å². The van der Waals surface area contributed by atoms with E-state index >= 15 is 0 Å². The summed E-state index contributed by atoms with van der Waals surface area (Å²) in [6.45, 7) is 17.9. The molecule has 0 spiro atoms. The molecule has 1 rings (SSSR count). The van der Waals surface area contributed by atoms with Crippen LogP contribution in [0.5, 0.6) is 0 Å². The van der Waals surface area contributed by atoms with E-state index in [2.05, 4.69) is 48.5 Å². The van der Waals surface area contributed by atoms with Crippen LogP contribution in [-0.4, -0.2) is 34.2 Å². The number of unbranched alkanes of at least 4 members (excludes halogenated alkanes) is 15. The van der Waals surface area contributed by atoms with E-state index < -0.39 is 14.1 Å². The second-order valence-electron chi connectivity index (χ2n) is 13.9. The molecule has 1 aromatic rings. The van der Waals surface area contributed by atoms with Crippen molar-refractivity contribution in [2.75, 3.05) is 19.8 Å². The standard InChI is InChI=1S/C38H68FNO3Si.Na.H/c1-8-9-10-11-12-13-14-15-16-17-18-19-20-21-22-23-24-41-30-38(31-43-44(32(2)3,33(4)5)34(6)7)42-29-36-25-35(28-40)26-37(39)27-36;;/h25-27,32-34,38H,8-24,29-31H2,1-7H3;;/q;+1;-1/t38-;;/m1../s1. The molecule has 45 heavy (non-hydrogen) atoms. The minimum atomic E-state index is -2.06. The number of ether oxygens (including phenoxy) is 2. The van der Waals surface area contributed by atoms with Gasteiger partial charge in [0.05, 0.1) is 31.5 Å². The van der Waals surface area contributed by atoms with Gasteiger partial charge in [-0.3, -0.25) is 0 Å². The van der Waals surface area contributed by atoms with Gasteiger partial charge in [-0.05, 0) is 46.8 Å². The van der Waals surface area contributed by atoms with Gasteiger partial charge in [-0.1, -0.05) is 145 Å². The molecule has 0 heterocycles. The van der Waals surface area contributed by atoms with Gasteiger partial charge in [-0.25, -0.2) is 4.39 Å². The molecule has 0 N–H and O–H groups in total. The first-order chi connectivity index (χ1) is 21.2. The average molecular weight is 658 g/mol. The summed E-state index contributed by atoms with van der Waals surface area (Å²) >= 11 is 0. The molecule has 0 saturated heterocycles. The van der Waals surface area contributed by atoms with Crippen molar-refractivity contribution in [3.8, 4) is 6.07 Å². The monoisotopic (exact) mass is 657 g/mol. The van der Waals surface area contributed by atoms with E-state index in [4.69, 9.17) is 13.9 Å². The summed E-state index contributed by atoms with van der Waals surface area (Å²) in [5, 5.41) is 9.22. The second kappa shape index (κ2) is 27.7. The van der Waals surface area contributed by atoms with Crippen molar-refractivity contribution in [1.29, 1.82) is 5.26 Å². The molecule has 1 aromatic carbocycles. The number of nitriles is 1. The number of hydrogen-bond donors (Lipinski definition) is 0. The molecular formula is C38H69FNNaO3Si. The Morgan fingerprint density at radius 2 is 1.18 bits per heavy atom. The molecule has 0 unspecified atom stereocenters. The normalized spacial score (nSPS) is 12.6. The van der Waals surface area contributed by atoms with Gasteiger partial charge >= 0.3 is 29.6 Å². The molecule has 0 aliphatic heterocycles. The topological polar surface area (TPSA) is 51.5 Å². The third kappa shape index (κ3) is 19.4. The zero-order valence-corrected chi connectivity index (χ0v) is 33.7. The Morgan fingerprint density at radius 1 is 0.711 bits per heavy atom. The number of halogens is 1. The fraction of sp³-hybridized carbons (Fsp3) is 0.816. The Hall–Kier alpha value is -0.263. The predicted molar refractivity (Wildman–Crippen MR) is 188 cm³/mol. The van der Waals surface area contributed by atoms with E-state index in [0.29, 0.717) is 41.0 Å². The molecule has 1 atom stereocenters. The van der Waals surface area contributed by atoms with Gasteiger partial charge in [-0.2, -0.15) is 5.26 Å². The number of nitrogens with zero attached hydrogens (tertiary/aromatic N) is 1. The van der Waals surface area contributed by atoms with Crippen molar-refractivity contribution in [3.63, 3.8) is 0 Å². The first-order valence-corrected chi connectivity index (χ1v) is 20.3. The minimum absolute atomic E-state index is 0. The van der Waals surface area contributed by atoms with Crippen LogP contribution in [-0.2, 0) is 20.5 Å². The Balaban J connectivity index is 0. The van der Waals surface area contributed by atoms with Crippen LogP contribution in [0.4, 0.5) is 4.39 Å². The Bertz CT molecular complexity index is 877. The van der Waals surface area contributed by atoms with Crippen molar-refractivity contribution >= 4 is 8.32 Å². The molecule has 0 bridgehead atoms. The molecule has 0 aliphatic rings. The molecule has 0 amide bonds. The van der Waals surface area contributed by atoms with Crippen molar-refractivity contribution < 1.29 is 49.3 Å². The van der Waals surface area contributed by atoms with Crippen molar-refractivity contribution in [3.05, 3.63) is 35.1 Å². The van der Waals surface area contributed by atoms with Gasteiger partial charge in [0.1, 0.15) is 11.9 Å². The van der Waals surface area contributed by atoms with E-state index in [-0.39, 0.29) is 43.7 Å². The molecule has 0 fully saturated rings. The van der Waals surface area contributed by atoms with Gasteiger partial charge in [0.25, 0.3) is 0 Å². The molecule has 0 aromatic heterocycles. The van der Waals surface area contributed by atoms with Crippen LogP contribution in [0.15, 0.2) is 18.2 Å². The molecule has 0 aliphatic carbocycles. The second-order valence-corrected chi connectivity index (χ2v) is 19.4. The van der Waals surface area contributed by atoms with Crippen LogP contribution in [0.3, 0.4) is 0 Å². The number of rotatable bonds is 28. The van der Waals surface area contributed by atoms with E-state index in [9.17, 15) is 9.65 Å². The number of benzene rings is 1. The summed E-state index contributed by atoms with van der Waals surface area (Å²) in [5.41, 5.74) is 2.41. The van der Waals surface area contributed by atoms with Gasteiger partial charge in [0.2, 0.25) is 0 Å². The summed E-state index contributed by atoms with van der Waals surface area (Å²) in [4.78, 5) is 0. The van der Waals surface area contributed by atoms with Crippen molar-refractivity contribution in [1.82, 2.24) is 0 Å². The fourth-order valence-electron chi connectivity index (χ4n) is 6.86. The maximum absolute atomic E-state index is 14.0. The summed E-state index contributed by atoms with van der Waals surface area (Å²) < 4.78 is 33.2. The Morgan fingerprint density at radius 3 is 1.62 bits per heavy atom. The summed E-state index contributed by atoms with van der Waals surface area (Å²) in [6.07, 6.45) is 21.4. The predicted octanol–water partition coefficient (Wildman–Crippen LogP) is 9.17. The van der Waals surface area contributed by atoms with Gasteiger partial charge in [0.15, 0.2) is 8.32 Å². The van der Waals surface area contributed by atoms with Crippen LogP contribution in [0.2, 0.25) is 16.6 Å². The van der Waals surface area contributed by atoms with Crippen LogP contribution in [0.1, 0.15) is 164 Å². The summed E-state index contributed by atoms with van der Waals surface area (Å²) in [6, 6.07) is 6.40. The average Bonchev–Trinajstić information content (AvgIpc) is 2.98. The molecule has 7 heteroatoms. The van der Waals surface area contributed by atoms with Crippen LogP contribution >= 0.6 is 0 Å².